The van der Waals surface area contributed by atoms with Gasteiger partial charge in [-0.3, -0.25) is 0 Å². The Balaban J connectivity index is 2.33. The molecule has 0 saturated heterocycles. The predicted molar refractivity (Wildman–Crippen MR) is 62.0 cm³/mol. The highest BCUT2D eigenvalue weighted by molar-refractivity contribution is 5.83. The zero-order valence-corrected chi connectivity index (χ0v) is 9.36. The Hall–Kier alpha value is -2.17. The molecule has 0 unspecified atom stereocenters. The van der Waals surface area contributed by atoms with Gasteiger partial charge in [0.15, 0.2) is 0 Å². The van der Waals surface area contributed by atoms with Crippen molar-refractivity contribution in [2.24, 2.45) is 0 Å². The number of fused-ring (bicyclic) bond motifs is 1. The number of benzene rings is 1. The molecule has 0 saturated carbocycles. The van der Waals surface area contributed by atoms with Crippen molar-refractivity contribution < 1.29 is 14.4 Å². The maximum atomic E-state index is 10.2. The molecule has 3 N–H and O–H groups in total. The van der Waals surface area contributed by atoms with E-state index in [2.05, 4.69) is 5.16 Å². The summed E-state index contributed by atoms with van der Waals surface area (Å²) in [6.07, 6.45) is 2.27. The van der Waals surface area contributed by atoms with Crippen molar-refractivity contribution in [2.75, 3.05) is 12.3 Å². The molecule has 0 spiro atoms. The second-order valence-corrected chi connectivity index (χ2v) is 4.10. The largest absolute Gasteiger partial charge is 0.507 e. The summed E-state index contributed by atoms with van der Waals surface area (Å²) >= 11 is 0. The maximum Gasteiger partial charge on any atom is 0.230 e. The third-order valence-electron chi connectivity index (χ3n) is 3.03. The van der Waals surface area contributed by atoms with Gasteiger partial charge in [-0.25, -0.2) is 0 Å². The number of aryl methyl sites for hydroxylation is 1. The standard InChI is InChI=1S/C12H12N2O3/c1-6-4-9-7(2-3-16-9)10(11(6)15)8-5-14-17-12(8)13/h4-5,15H,2-3,13H2,1H3. The quantitative estimate of drug-likeness (QED) is 0.784. The zero-order valence-electron chi connectivity index (χ0n) is 9.36. The molecular formula is C12H12N2O3. The first-order chi connectivity index (χ1) is 8.18. The van der Waals surface area contributed by atoms with Crippen molar-refractivity contribution >= 4 is 5.88 Å². The maximum absolute atomic E-state index is 10.2. The lowest BCUT2D eigenvalue weighted by Crippen LogP contribution is -1.92. The highest BCUT2D eigenvalue weighted by atomic mass is 16.5. The summed E-state index contributed by atoms with van der Waals surface area (Å²) in [5.74, 6) is 1.22. The van der Waals surface area contributed by atoms with Crippen molar-refractivity contribution in [3.8, 4) is 22.6 Å². The Bertz CT molecular complexity index is 590. The van der Waals surface area contributed by atoms with Crippen molar-refractivity contribution in [3.63, 3.8) is 0 Å². The lowest BCUT2D eigenvalue weighted by molar-refractivity contribution is 0.356. The second-order valence-electron chi connectivity index (χ2n) is 4.10. The second kappa shape index (κ2) is 3.41. The van der Waals surface area contributed by atoms with Gasteiger partial charge < -0.3 is 20.1 Å². The average Bonchev–Trinajstić information content (AvgIpc) is 2.89. The summed E-state index contributed by atoms with van der Waals surface area (Å²) < 4.78 is 10.4. The summed E-state index contributed by atoms with van der Waals surface area (Å²) in [7, 11) is 0. The van der Waals surface area contributed by atoms with Gasteiger partial charge in [0.2, 0.25) is 5.88 Å². The van der Waals surface area contributed by atoms with Crippen LogP contribution >= 0.6 is 0 Å². The molecule has 0 amide bonds. The van der Waals surface area contributed by atoms with Gasteiger partial charge in [0.05, 0.1) is 18.4 Å². The Morgan fingerprint density at radius 3 is 3.00 bits per heavy atom. The molecule has 88 valence electrons. The van der Waals surface area contributed by atoms with E-state index in [4.69, 9.17) is 15.0 Å². The fraction of sp³-hybridized carbons (Fsp3) is 0.250. The van der Waals surface area contributed by atoms with Crippen LogP contribution in [0, 0.1) is 6.92 Å². The lowest BCUT2D eigenvalue weighted by Gasteiger charge is -2.10. The fourth-order valence-electron chi connectivity index (χ4n) is 2.18. The molecule has 0 radical (unpaired) electrons. The van der Waals surface area contributed by atoms with E-state index in [1.165, 1.54) is 6.20 Å². The van der Waals surface area contributed by atoms with Crippen LogP contribution in [0.3, 0.4) is 0 Å². The van der Waals surface area contributed by atoms with E-state index in [1.54, 1.807) is 0 Å². The summed E-state index contributed by atoms with van der Waals surface area (Å²) in [6, 6.07) is 1.84. The van der Waals surface area contributed by atoms with E-state index in [1.807, 2.05) is 13.0 Å². The highest BCUT2D eigenvalue weighted by Gasteiger charge is 2.24. The predicted octanol–water partition coefficient (Wildman–Crippen LogP) is 1.87. The van der Waals surface area contributed by atoms with Crippen molar-refractivity contribution in [1.29, 1.82) is 0 Å². The first-order valence-corrected chi connectivity index (χ1v) is 5.37. The molecule has 17 heavy (non-hydrogen) atoms. The normalized spacial score (nSPS) is 13.5. The number of phenols is 1. The number of phenolic OH excluding ortho intramolecular Hbond substituents is 1. The summed E-state index contributed by atoms with van der Waals surface area (Å²) in [4.78, 5) is 0. The van der Waals surface area contributed by atoms with Crippen LogP contribution in [0.2, 0.25) is 0 Å². The molecule has 0 fully saturated rings. The average molecular weight is 232 g/mol. The van der Waals surface area contributed by atoms with Crippen LogP contribution in [0.5, 0.6) is 11.5 Å². The van der Waals surface area contributed by atoms with Gasteiger partial charge in [-0.2, -0.15) is 0 Å². The number of ether oxygens (including phenoxy) is 1. The molecule has 1 aromatic carbocycles. The third kappa shape index (κ3) is 1.35. The van der Waals surface area contributed by atoms with E-state index in [9.17, 15) is 5.11 Å². The summed E-state index contributed by atoms with van der Waals surface area (Å²) in [5.41, 5.74) is 8.71. The van der Waals surface area contributed by atoms with E-state index in [0.29, 0.717) is 17.7 Å². The molecule has 0 atom stereocenters. The van der Waals surface area contributed by atoms with Crippen molar-refractivity contribution in [1.82, 2.24) is 5.16 Å². The highest BCUT2D eigenvalue weighted by Crippen LogP contribution is 2.44. The number of hydrogen-bond acceptors (Lipinski definition) is 5. The lowest BCUT2D eigenvalue weighted by atomic mass is 9.96. The number of aromatic nitrogens is 1. The van der Waals surface area contributed by atoms with Gasteiger partial charge in [0.25, 0.3) is 0 Å². The molecule has 5 heteroatoms. The number of aromatic hydroxyl groups is 1. The minimum absolute atomic E-state index is 0.208. The first kappa shape index (κ1) is 10.0. The number of hydrogen-bond donors (Lipinski definition) is 2. The van der Waals surface area contributed by atoms with Crippen LogP contribution < -0.4 is 10.5 Å². The van der Waals surface area contributed by atoms with E-state index in [-0.39, 0.29) is 11.6 Å². The van der Waals surface area contributed by atoms with Crippen LogP contribution in [0.4, 0.5) is 5.88 Å². The molecule has 1 aliphatic rings. The van der Waals surface area contributed by atoms with Crippen LogP contribution in [-0.2, 0) is 6.42 Å². The molecule has 0 aliphatic carbocycles. The molecule has 1 aromatic heterocycles. The number of rotatable bonds is 1. The Morgan fingerprint density at radius 2 is 2.29 bits per heavy atom. The zero-order chi connectivity index (χ0) is 12.0. The molecule has 3 rings (SSSR count). The molecule has 0 bridgehead atoms. The molecule has 2 heterocycles. The van der Waals surface area contributed by atoms with E-state index >= 15 is 0 Å². The van der Waals surface area contributed by atoms with Gasteiger partial charge in [0.1, 0.15) is 11.5 Å². The van der Waals surface area contributed by atoms with Gasteiger partial charge in [-0.15, -0.1) is 0 Å². The van der Waals surface area contributed by atoms with Crippen LogP contribution in [-0.4, -0.2) is 16.9 Å². The van der Waals surface area contributed by atoms with Crippen molar-refractivity contribution in [2.45, 2.75) is 13.3 Å². The minimum Gasteiger partial charge on any atom is -0.507 e. The third-order valence-corrected chi connectivity index (χ3v) is 3.03. The molecule has 2 aromatic rings. The Morgan fingerprint density at radius 1 is 1.47 bits per heavy atom. The van der Waals surface area contributed by atoms with Gasteiger partial charge >= 0.3 is 0 Å². The number of nitrogen functional groups attached to an aromatic ring is 1. The van der Waals surface area contributed by atoms with Crippen LogP contribution in [0.15, 0.2) is 16.8 Å². The smallest absolute Gasteiger partial charge is 0.230 e. The van der Waals surface area contributed by atoms with Gasteiger partial charge in [-0.1, -0.05) is 5.16 Å². The number of nitrogens with two attached hydrogens (primary N) is 1. The minimum atomic E-state index is 0.208. The topological polar surface area (TPSA) is 81.5 Å². The van der Waals surface area contributed by atoms with Crippen LogP contribution in [0.1, 0.15) is 11.1 Å². The summed E-state index contributed by atoms with van der Waals surface area (Å²) in [6.45, 7) is 2.45. The first-order valence-electron chi connectivity index (χ1n) is 5.37. The molecule has 1 aliphatic heterocycles. The number of anilines is 1. The fourth-order valence-corrected chi connectivity index (χ4v) is 2.18. The molecule has 5 nitrogen and oxygen atoms in total. The Kier molecular flexibility index (Phi) is 2.01. The van der Waals surface area contributed by atoms with Crippen LogP contribution in [0.25, 0.3) is 11.1 Å². The Labute approximate surface area is 97.8 Å². The monoisotopic (exact) mass is 232 g/mol. The SMILES string of the molecule is Cc1cc2c(c(-c3cnoc3N)c1O)CCO2. The van der Waals surface area contributed by atoms with E-state index in [0.717, 1.165) is 23.3 Å². The van der Waals surface area contributed by atoms with E-state index < -0.39 is 0 Å². The van der Waals surface area contributed by atoms with Gasteiger partial charge in [-0.05, 0) is 18.6 Å². The molecular weight excluding hydrogens is 220 g/mol. The van der Waals surface area contributed by atoms with Crippen molar-refractivity contribution in [3.05, 3.63) is 23.4 Å². The number of nitrogens with zero attached hydrogens (tertiary/aromatic N) is 1. The summed E-state index contributed by atoms with van der Waals surface area (Å²) in [5, 5.41) is 13.8. The van der Waals surface area contributed by atoms with Gasteiger partial charge in [0, 0.05) is 17.5 Å².